The molecule has 0 fully saturated rings. The molecule has 0 aliphatic heterocycles. The molecule has 0 spiro atoms. The Morgan fingerprint density at radius 1 is 0.860 bits per heavy atom. The van der Waals surface area contributed by atoms with Crippen LogP contribution in [0, 0.1) is 5.82 Å². The number of carbonyl (C=O) groups excluding carboxylic acids is 3. The van der Waals surface area contributed by atoms with E-state index in [1.54, 1.807) is 61.5 Å². The van der Waals surface area contributed by atoms with Crippen LogP contribution in [0.5, 0.6) is 0 Å². The second kappa shape index (κ2) is 14.5. The molecule has 7 nitrogen and oxygen atoms in total. The van der Waals surface area contributed by atoms with Gasteiger partial charge in [-0.15, -0.1) is 11.8 Å². The molecule has 1 atom stereocenters. The number of amides is 3. The maximum atomic E-state index is 13.4. The summed E-state index contributed by atoms with van der Waals surface area (Å²) in [4.78, 5) is 41.6. The van der Waals surface area contributed by atoms with E-state index in [1.165, 1.54) is 30.0 Å². The van der Waals surface area contributed by atoms with Crippen LogP contribution < -0.4 is 20.9 Å². The molecule has 43 heavy (non-hydrogen) atoms. The second-order valence-corrected chi connectivity index (χ2v) is 11.5. The minimum Gasteiger partial charge on any atom is -0.378 e. The number of rotatable bonds is 10. The Hall–Kier alpha value is -4.60. The first-order valence-electron chi connectivity index (χ1n) is 13.3. The van der Waals surface area contributed by atoms with Gasteiger partial charge in [-0.05, 0) is 85.3 Å². The summed E-state index contributed by atoms with van der Waals surface area (Å²) in [7, 11) is 3.88. The number of hydrogen-bond donors (Lipinski definition) is 3. The van der Waals surface area contributed by atoms with Crippen LogP contribution in [0.4, 0.5) is 21.5 Å². The number of halogens is 2. The fourth-order valence-corrected chi connectivity index (χ4v) is 4.92. The quantitative estimate of drug-likeness (QED) is 0.131. The summed E-state index contributed by atoms with van der Waals surface area (Å²) in [5.41, 5.74) is 3.16. The molecule has 0 saturated carbocycles. The van der Waals surface area contributed by atoms with Gasteiger partial charge in [0.05, 0.1) is 10.3 Å². The van der Waals surface area contributed by atoms with E-state index in [0.29, 0.717) is 16.9 Å². The molecule has 220 valence electrons. The molecule has 4 rings (SSSR count). The molecule has 0 heterocycles. The van der Waals surface area contributed by atoms with E-state index in [4.69, 9.17) is 11.6 Å². The molecule has 0 radical (unpaired) electrons. The summed E-state index contributed by atoms with van der Waals surface area (Å²) in [5, 5.41) is 7.75. The van der Waals surface area contributed by atoms with E-state index >= 15 is 0 Å². The molecular formula is C33H30ClFN4O3S. The zero-order valence-corrected chi connectivity index (χ0v) is 25.3. The molecule has 3 amide bonds. The van der Waals surface area contributed by atoms with Crippen LogP contribution in [0.3, 0.4) is 0 Å². The number of carbonyl (C=O) groups is 3. The summed E-state index contributed by atoms with van der Waals surface area (Å²) in [6, 6.07) is 27.2. The number of hydrogen-bond acceptors (Lipinski definition) is 5. The van der Waals surface area contributed by atoms with Gasteiger partial charge in [0.25, 0.3) is 11.8 Å². The van der Waals surface area contributed by atoms with Gasteiger partial charge in [0.1, 0.15) is 11.5 Å². The first-order valence-corrected chi connectivity index (χ1v) is 14.5. The highest BCUT2D eigenvalue weighted by atomic mass is 35.5. The van der Waals surface area contributed by atoms with Crippen molar-refractivity contribution >= 4 is 64.2 Å². The van der Waals surface area contributed by atoms with E-state index in [1.807, 2.05) is 49.3 Å². The average Bonchev–Trinajstić information content (AvgIpc) is 3.00. The number of thioether (sulfide) groups is 1. The van der Waals surface area contributed by atoms with Crippen molar-refractivity contribution in [1.29, 1.82) is 0 Å². The second-order valence-electron chi connectivity index (χ2n) is 9.72. The fraction of sp³-hybridized carbons (Fsp3) is 0.121. The van der Waals surface area contributed by atoms with E-state index in [2.05, 4.69) is 16.0 Å². The Kier molecular flexibility index (Phi) is 10.6. The van der Waals surface area contributed by atoms with Crippen LogP contribution in [-0.2, 0) is 9.59 Å². The lowest BCUT2D eigenvalue weighted by Crippen LogP contribution is -2.30. The zero-order chi connectivity index (χ0) is 30.9. The van der Waals surface area contributed by atoms with Gasteiger partial charge < -0.3 is 20.9 Å². The van der Waals surface area contributed by atoms with E-state index in [9.17, 15) is 18.8 Å². The topological polar surface area (TPSA) is 90.5 Å². The summed E-state index contributed by atoms with van der Waals surface area (Å²) in [6.07, 6.45) is 1.62. The molecule has 4 aromatic rings. The molecule has 3 N–H and O–H groups in total. The van der Waals surface area contributed by atoms with Crippen molar-refractivity contribution in [2.75, 3.05) is 29.6 Å². The lowest BCUT2D eigenvalue weighted by atomic mass is 10.1. The first kappa shape index (κ1) is 31.3. The molecule has 0 aromatic heterocycles. The summed E-state index contributed by atoms with van der Waals surface area (Å²) >= 11 is 7.12. The van der Waals surface area contributed by atoms with E-state index in [-0.39, 0.29) is 16.6 Å². The van der Waals surface area contributed by atoms with Crippen molar-refractivity contribution < 1.29 is 18.8 Å². The monoisotopic (exact) mass is 616 g/mol. The maximum absolute atomic E-state index is 13.4. The van der Waals surface area contributed by atoms with Crippen molar-refractivity contribution in [3.8, 4) is 0 Å². The maximum Gasteiger partial charge on any atom is 0.272 e. The highest BCUT2D eigenvalue weighted by Gasteiger charge is 2.17. The largest absolute Gasteiger partial charge is 0.378 e. The third kappa shape index (κ3) is 8.94. The van der Waals surface area contributed by atoms with Gasteiger partial charge in [0.2, 0.25) is 5.91 Å². The van der Waals surface area contributed by atoms with Crippen LogP contribution in [-0.4, -0.2) is 37.1 Å². The number of benzene rings is 4. The van der Waals surface area contributed by atoms with Crippen molar-refractivity contribution in [2.45, 2.75) is 17.1 Å². The van der Waals surface area contributed by atoms with Crippen molar-refractivity contribution in [3.05, 3.63) is 125 Å². The van der Waals surface area contributed by atoms with Crippen LogP contribution >= 0.6 is 23.4 Å². The van der Waals surface area contributed by atoms with Gasteiger partial charge in [-0.2, -0.15) is 0 Å². The summed E-state index contributed by atoms with van der Waals surface area (Å²) < 4.78 is 13.4. The minimum atomic E-state index is -0.561. The van der Waals surface area contributed by atoms with Gasteiger partial charge in [-0.1, -0.05) is 41.9 Å². The normalized spacial score (nSPS) is 11.8. The average molecular weight is 617 g/mol. The summed E-state index contributed by atoms with van der Waals surface area (Å²) in [6.45, 7) is 1.75. The zero-order valence-electron chi connectivity index (χ0n) is 23.7. The molecule has 4 aromatic carbocycles. The Labute approximate surface area is 259 Å². The van der Waals surface area contributed by atoms with E-state index < -0.39 is 22.9 Å². The van der Waals surface area contributed by atoms with Crippen molar-refractivity contribution in [2.24, 2.45) is 0 Å². The lowest BCUT2D eigenvalue weighted by molar-refractivity contribution is -0.115. The highest BCUT2D eigenvalue weighted by Crippen LogP contribution is 2.27. The smallest absolute Gasteiger partial charge is 0.272 e. The molecule has 10 heteroatoms. The number of nitrogens with one attached hydrogen (secondary N) is 3. The number of nitrogens with zero attached hydrogens (tertiary/aromatic N) is 1. The Bertz CT molecular complexity index is 1630. The van der Waals surface area contributed by atoms with Crippen LogP contribution in [0.15, 0.2) is 108 Å². The Morgan fingerprint density at radius 2 is 1.51 bits per heavy atom. The standard InChI is InChI=1S/C33H30ClFN4O3S/c1-21(31(40)37-25-13-18-29(35)28(34)20-25)43-27-16-11-24(12-17-27)36-33(42)30(38-32(41)23-7-5-4-6-8-23)19-22-9-14-26(15-10-22)39(2)3/h4-21H,1-3H3,(H,36,42)(H,37,40)(H,38,41)/b30-19-. The fourth-order valence-electron chi connectivity index (χ4n) is 3.87. The van der Waals surface area contributed by atoms with Crippen LogP contribution in [0.1, 0.15) is 22.8 Å². The van der Waals surface area contributed by atoms with Gasteiger partial charge >= 0.3 is 0 Å². The molecule has 0 saturated heterocycles. The third-order valence-electron chi connectivity index (χ3n) is 6.23. The molecule has 0 aliphatic rings. The SMILES string of the molecule is CC(Sc1ccc(NC(=O)/C(=C/c2ccc(N(C)C)cc2)NC(=O)c2ccccc2)cc1)C(=O)Nc1ccc(F)c(Cl)c1. The van der Waals surface area contributed by atoms with Gasteiger partial charge in [0.15, 0.2) is 0 Å². The Morgan fingerprint density at radius 3 is 2.14 bits per heavy atom. The molecule has 1 unspecified atom stereocenters. The third-order valence-corrected chi connectivity index (χ3v) is 7.63. The molecule has 0 bridgehead atoms. The van der Waals surface area contributed by atoms with Crippen LogP contribution in [0.2, 0.25) is 5.02 Å². The van der Waals surface area contributed by atoms with E-state index in [0.717, 1.165) is 16.1 Å². The molecule has 0 aliphatic carbocycles. The predicted octanol–water partition coefficient (Wildman–Crippen LogP) is 7.07. The van der Waals surface area contributed by atoms with Gasteiger partial charge in [-0.25, -0.2) is 4.39 Å². The minimum absolute atomic E-state index is 0.0735. The highest BCUT2D eigenvalue weighted by molar-refractivity contribution is 8.00. The van der Waals surface area contributed by atoms with Crippen molar-refractivity contribution in [1.82, 2.24) is 5.32 Å². The van der Waals surface area contributed by atoms with Crippen molar-refractivity contribution in [3.63, 3.8) is 0 Å². The van der Waals surface area contributed by atoms with Gasteiger partial charge in [0, 0.05) is 41.6 Å². The summed E-state index contributed by atoms with van der Waals surface area (Å²) in [5.74, 6) is -1.73. The lowest BCUT2D eigenvalue weighted by Gasteiger charge is -2.14. The number of anilines is 3. The molecular weight excluding hydrogens is 587 g/mol. The first-order chi connectivity index (χ1) is 20.6. The predicted molar refractivity (Wildman–Crippen MR) is 173 cm³/mol. The van der Waals surface area contributed by atoms with Crippen LogP contribution in [0.25, 0.3) is 6.08 Å². The Balaban J connectivity index is 1.44. The van der Waals surface area contributed by atoms with Gasteiger partial charge in [-0.3, -0.25) is 14.4 Å².